The summed E-state index contributed by atoms with van der Waals surface area (Å²) in [7, 11) is 3.19. The van der Waals surface area contributed by atoms with Gasteiger partial charge in [0.15, 0.2) is 5.41 Å². The van der Waals surface area contributed by atoms with Crippen LogP contribution in [0, 0.1) is 45.3 Å². The normalized spacial score (nSPS) is 22.9. The number of hydrogen-bond acceptors (Lipinski definition) is 6. The molecule has 0 bridgehead atoms. The van der Waals surface area contributed by atoms with Crippen molar-refractivity contribution in [3.8, 4) is 24.0 Å². The SMILES string of the molecule is COCc1cc([C@@H]2[C@@H]3CCCC=C3C(C#N)=C(N)C2(C#N)C#N)ccc1OC. The molecule has 0 aliphatic heterocycles. The van der Waals surface area contributed by atoms with Gasteiger partial charge in [-0.1, -0.05) is 12.1 Å². The predicted molar refractivity (Wildman–Crippen MR) is 102 cm³/mol. The molecular weight excluding hydrogens is 352 g/mol. The number of fused-ring (bicyclic) bond motifs is 1. The van der Waals surface area contributed by atoms with Crippen molar-refractivity contribution in [2.45, 2.75) is 31.8 Å². The molecule has 2 aliphatic rings. The molecule has 0 unspecified atom stereocenters. The minimum absolute atomic E-state index is 0.0542. The Labute approximate surface area is 165 Å². The number of hydrogen-bond donors (Lipinski definition) is 1. The van der Waals surface area contributed by atoms with Crippen molar-refractivity contribution >= 4 is 0 Å². The maximum absolute atomic E-state index is 10.1. The van der Waals surface area contributed by atoms with Crippen LogP contribution in [-0.2, 0) is 11.3 Å². The lowest BCUT2D eigenvalue weighted by Crippen LogP contribution is -2.42. The average Bonchev–Trinajstić information content (AvgIpc) is 2.73. The molecule has 142 valence electrons. The second-order valence-corrected chi connectivity index (χ2v) is 7.11. The third kappa shape index (κ3) is 2.82. The Kier molecular flexibility index (Phi) is 5.41. The van der Waals surface area contributed by atoms with Gasteiger partial charge in [0, 0.05) is 18.6 Å². The molecule has 0 aromatic heterocycles. The lowest BCUT2D eigenvalue weighted by molar-refractivity contribution is 0.181. The molecule has 1 aromatic carbocycles. The molecule has 2 N–H and O–H groups in total. The van der Waals surface area contributed by atoms with E-state index in [1.54, 1.807) is 14.2 Å². The van der Waals surface area contributed by atoms with E-state index in [-0.39, 0.29) is 17.2 Å². The summed E-state index contributed by atoms with van der Waals surface area (Å²) < 4.78 is 10.7. The Bertz CT molecular complexity index is 958. The number of rotatable bonds is 4. The Morgan fingerprint density at radius 2 is 1.96 bits per heavy atom. The monoisotopic (exact) mass is 374 g/mol. The molecule has 0 fully saturated rings. The van der Waals surface area contributed by atoms with Crippen molar-refractivity contribution in [2.24, 2.45) is 17.1 Å². The predicted octanol–water partition coefficient (Wildman–Crippen LogP) is 3.44. The highest BCUT2D eigenvalue weighted by Gasteiger charge is 2.53. The summed E-state index contributed by atoms with van der Waals surface area (Å²) in [5.74, 6) is 0.105. The molecular formula is C22H22N4O2. The van der Waals surface area contributed by atoms with Gasteiger partial charge in [0.05, 0.1) is 37.1 Å². The molecule has 6 heteroatoms. The minimum Gasteiger partial charge on any atom is -0.496 e. The summed E-state index contributed by atoms with van der Waals surface area (Å²) in [5.41, 5.74) is 7.57. The lowest BCUT2D eigenvalue weighted by atomic mass is 9.56. The highest BCUT2D eigenvalue weighted by Crippen LogP contribution is 2.56. The van der Waals surface area contributed by atoms with Crippen LogP contribution in [0.4, 0.5) is 0 Å². The van der Waals surface area contributed by atoms with Gasteiger partial charge in [-0.25, -0.2) is 0 Å². The van der Waals surface area contributed by atoms with Gasteiger partial charge in [-0.3, -0.25) is 0 Å². The molecule has 0 amide bonds. The Hall–Kier alpha value is -3.27. The summed E-state index contributed by atoms with van der Waals surface area (Å²) in [6.07, 6.45) is 4.63. The van der Waals surface area contributed by atoms with E-state index in [1.165, 1.54) is 0 Å². The fourth-order valence-corrected chi connectivity index (χ4v) is 4.51. The third-order valence-electron chi connectivity index (χ3n) is 5.76. The van der Waals surface area contributed by atoms with E-state index in [1.807, 2.05) is 24.3 Å². The fraction of sp³-hybridized carbons (Fsp3) is 0.409. The van der Waals surface area contributed by atoms with E-state index in [0.717, 1.165) is 36.0 Å². The van der Waals surface area contributed by atoms with E-state index >= 15 is 0 Å². The number of nitriles is 3. The molecule has 0 heterocycles. The van der Waals surface area contributed by atoms with E-state index in [2.05, 4.69) is 18.2 Å². The largest absolute Gasteiger partial charge is 0.496 e. The van der Waals surface area contributed by atoms with Gasteiger partial charge in [0.1, 0.15) is 11.8 Å². The molecule has 1 aromatic rings. The molecule has 3 rings (SSSR count). The van der Waals surface area contributed by atoms with E-state index < -0.39 is 11.3 Å². The van der Waals surface area contributed by atoms with Crippen molar-refractivity contribution in [3.05, 3.63) is 52.2 Å². The lowest BCUT2D eigenvalue weighted by Gasteiger charge is -2.43. The van der Waals surface area contributed by atoms with Gasteiger partial charge in [-0.05, 0) is 48.4 Å². The Morgan fingerprint density at radius 1 is 1.21 bits per heavy atom. The third-order valence-corrected chi connectivity index (χ3v) is 5.76. The summed E-state index contributed by atoms with van der Waals surface area (Å²) in [5, 5.41) is 29.8. The maximum atomic E-state index is 10.1. The first-order valence-electron chi connectivity index (χ1n) is 9.16. The van der Waals surface area contributed by atoms with Gasteiger partial charge < -0.3 is 15.2 Å². The first kappa shape index (κ1) is 19.5. The van der Waals surface area contributed by atoms with Crippen LogP contribution < -0.4 is 10.5 Å². The molecule has 0 saturated heterocycles. The number of nitrogens with zero attached hydrogens (tertiary/aromatic N) is 3. The topological polar surface area (TPSA) is 116 Å². The zero-order valence-corrected chi connectivity index (χ0v) is 16.0. The second-order valence-electron chi connectivity index (χ2n) is 7.11. The highest BCUT2D eigenvalue weighted by atomic mass is 16.5. The zero-order valence-electron chi connectivity index (χ0n) is 16.0. The van der Waals surface area contributed by atoms with Gasteiger partial charge in [-0.15, -0.1) is 0 Å². The first-order chi connectivity index (χ1) is 13.6. The van der Waals surface area contributed by atoms with Gasteiger partial charge in [-0.2, -0.15) is 15.8 Å². The van der Waals surface area contributed by atoms with Crippen LogP contribution >= 0.6 is 0 Å². The molecule has 0 saturated carbocycles. The van der Waals surface area contributed by atoms with E-state index in [0.29, 0.717) is 12.4 Å². The molecule has 6 nitrogen and oxygen atoms in total. The number of allylic oxidation sites excluding steroid dienone is 4. The summed E-state index contributed by atoms with van der Waals surface area (Å²) in [6.45, 7) is 0.345. The van der Waals surface area contributed by atoms with E-state index in [4.69, 9.17) is 15.2 Å². The van der Waals surface area contributed by atoms with Crippen LogP contribution in [0.15, 0.2) is 41.1 Å². The van der Waals surface area contributed by atoms with Crippen LogP contribution in [0.2, 0.25) is 0 Å². The summed E-state index contributed by atoms with van der Waals surface area (Å²) in [6, 6.07) is 12.1. The highest BCUT2D eigenvalue weighted by molar-refractivity contribution is 5.59. The number of benzene rings is 1. The van der Waals surface area contributed by atoms with Crippen LogP contribution in [0.1, 0.15) is 36.3 Å². The van der Waals surface area contributed by atoms with Crippen LogP contribution in [-0.4, -0.2) is 14.2 Å². The van der Waals surface area contributed by atoms with Crippen molar-refractivity contribution in [1.82, 2.24) is 0 Å². The van der Waals surface area contributed by atoms with Gasteiger partial charge in [0.25, 0.3) is 0 Å². The van der Waals surface area contributed by atoms with Crippen molar-refractivity contribution in [3.63, 3.8) is 0 Å². The Morgan fingerprint density at radius 3 is 2.57 bits per heavy atom. The van der Waals surface area contributed by atoms with Crippen LogP contribution in [0.3, 0.4) is 0 Å². The van der Waals surface area contributed by atoms with Crippen molar-refractivity contribution < 1.29 is 9.47 Å². The quantitative estimate of drug-likeness (QED) is 0.863. The minimum atomic E-state index is -1.59. The molecule has 0 spiro atoms. The van der Waals surface area contributed by atoms with Crippen LogP contribution in [0.5, 0.6) is 5.75 Å². The maximum Gasteiger partial charge on any atom is 0.191 e. The van der Waals surface area contributed by atoms with Gasteiger partial charge in [0.2, 0.25) is 0 Å². The van der Waals surface area contributed by atoms with Crippen molar-refractivity contribution in [1.29, 1.82) is 15.8 Å². The fourth-order valence-electron chi connectivity index (χ4n) is 4.51. The first-order valence-corrected chi connectivity index (χ1v) is 9.16. The van der Waals surface area contributed by atoms with E-state index in [9.17, 15) is 15.8 Å². The zero-order chi connectivity index (χ0) is 20.3. The number of methoxy groups -OCH3 is 2. The second kappa shape index (κ2) is 7.77. The van der Waals surface area contributed by atoms with Crippen molar-refractivity contribution in [2.75, 3.05) is 14.2 Å². The number of ether oxygens (including phenoxy) is 2. The number of nitrogens with two attached hydrogens (primary N) is 1. The Balaban J connectivity index is 2.28. The van der Waals surface area contributed by atoms with Crippen LogP contribution in [0.25, 0.3) is 0 Å². The smallest absolute Gasteiger partial charge is 0.191 e. The molecule has 2 atom stereocenters. The molecule has 2 aliphatic carbocycles. The van der Waals surface area contributed by atoms with Gasteiger partial charge >= 0.3 is 0 Å². The summed E-state index contributed by atoms with van der Waals surface area (Å²) in [4.78, 5) is 0. The average molecular weight is 374 g/mol. The standard InChI is InChI=1S/C22H22N4O2/c1-27-11-15-9-14(7-8-19(15)28-2)20-17-6-4-3-5-16(17)18(10-23)21(26)22(20,12-24)13-25/h5,7-9,17,20H,3-4,6,11,26H2,1-2H3/t17-,20-/m1/s1. The summed E-state index contributed by atoms with van der Waals surface area (Å²) >= 11 is 0. The molecule has 0 radical (unpaired) electrons. The molecule has 28 heavy (non-hydrogen) atoms.